The predicted octanol–water partition coefficient (Wildman–Crippen LogP) is 4.02. The molecule has 1 aliphatic rings. The van der Waals surface area contributed by atoms with Crippen LogP contribution in [-0.2, 0) is 6.42 Å². The van der Waals surface area contributed by atoms with Crippen LogP contribution in [0.15, 0.2) is 24.3 Å². The second-order valence-corrected chi connectivity index (χ2v) is 6.24. The van der Waals surface area contributed by atoms with Gasteiger partial charge in [0.25, 0.3) is 0 Å². The summed E-state index contributed by atoms with van der Waals surface area (Å²) in [6, 6.07) is 8.32. The van der Waals surface area contributed by atoms with Crippen molar-refractivity contribution < 1.29 is 4.74 Å². The first-order valence-corrected chi connectivity index (χ1v) is 8.21. The minimum Gasteiger partial charge on any atom is -0.497 e. The summed E-state index contributed by atoms with van der Waals surface area (Å²) in [5, 5.41) is 3.61. The normalized spacial score (nSPS) is 17.9. The van der Waals surface area contributed by atoms with E-state index in [1.165, 1.54) is 37.7 Å². The lowest BCUT2D eigenvalue weighted by Gasteiger charge is -2.35. The standard InChI is InChI=1S/C17H26ClNO/c1-20-16-7-5-15(6-8-16)9-12-19-14-17(13-18)10-3-2-4-11-17/h5-8,19H,2-4,9-14H2,1H3. The molecular formula is C17H26ClNO. The third-order valence-electron chi connectivity index (χ3n) is 4.45. The van der Waals surface area contributed by atoms with Crippen molar-refractivity contribution in [2.75, 3.05) is 26.1 Å². The zero-order chi connectivity index (χ0) is 14.3. The fraction of sp³-hybridized carbons (Fsp3) is 0.647. The van der Waals surface area contributed by atoms with Crippen molar-refractivity contribution in [3.8, 4) is 5.75 Å². The van der Waals surface area contributed by atoms with Crippen LogP contribution in [0.2, 0.25) is 0 Å². The van der Waals surface area contributed by atoms with Gasteiger partial charge in [0, 0.05) is 12.4 Å². The molecule has 1 fully saturated rings. The Morgan fingerprint density at radius 2 is 1.85 bits per heavy atom. The van der Waals surface area contributed by atoms with Gasteiger partial charge in [-0.1, -0.05) is 31.4 Å². The van der Waals surface area contributed by atoms with Crippen molar-refractivity contribution in [3.05, 3.63) is 29.8 Å². The molecule has 20 heavy (non-hydrogen) atoms. The van der Waals surface area contributed by atoms with Crippen molar-refractivity contribution in [2.45, 2.75) is 38.5 Å². The quantitative estimate of drug-likeness (QED) is 0.606. The van der Waals surface area contributed by atoms with Crippen LogP contribution >= 0.6 is 11.6 Å². The molecule has 1 aromatic carbocycles. The molecule has 2 rings (SSSR count). The van der Waals surface area contributed by atoms with Gasteiger partial charge in [-0.15, -0.1) is 11.6 Å². The summed E-state index contributed by atoms with van der Waals surface area (Å²) in [6.07, 6.45) is 7.69. The molecule has 1 N–H and O–H groups in total. The van der Waals surface area contributed by atoms with E-state index < -0.39 is 0 Å². The van der Waals surface area contributed by atoms with Gasteiger partial charge in [0.1, 0.15) is 5.75 Å². The van der Waals surface area contributed by atoms with E-state index in [1.54, 1.807) is 7.11 Å². The van der Waals surface area contributed by atoms with Crippen molar-refractivity contribution >= 4 is 11.6 Å². The molecule has 0 atom stereocenters. The maximum absolute atomic E-state index is 6.21. The molecule has 0 saturated heterocycles. The first-order valence-electron chi connectivity index (χ1n) is 7.68. The molecule has 0 amide bonds. The van der Waals surface area contributed by atoms with Crippen LogP contribution < -0.4 is 10.1 Å². The van der Waals surface area contributed by atoms with E-state index in [0.29, 0.717) is 5.41 Å². The maximum atomic E-state index is 6.21. The van der Waals surface area contributed by atoms with Crippen molar-refractivity contribution in [2.24, 2.45) is 5.41 Å². The molecule has 0 unspecified atom stereocenters. The third-order valence-corrected chi connectivity index (χ3v) is 5.01. The van der Waals surface area contributed by atoms with E-state index in [-0.39, 0.29) is 0 Å². The molecule has 2 nitrogen and oxygen atoms in total. The number of alkyl halides is 1. The second kappa shape index (κ2) is 7.90. The molecule has 1 aromatic rings. The van der Waals surface area contributed by atoms with E-state index in [1.807, 2.05) is 12.1 Å². The lowest BCUT2D eigenvalue weighted by atomic mass is 9.75. The van der Waals surface area contributed by atoms with Gasteiger partial charge >= 0.3 is 0 Å². The molecule has 0 radical (unpaired) electrons. The van der Waals surface area contributed by atoms with Crippen LogP contribution in [0.4, 0.5) is 0 Å². The lowest BCUT2D eigenvalue weighted by Crippen LogP contribution is -2.38. The Hall–Kier alpha value is -0.730. The Bertz CT molecular complexity index is 384. The molecule has 1 saturated carbocycles. The minimum absolute atomic E-state index is 0.347. The van der Waals surface area contributed by atoms with Gasteiger partial charge < -0.3 is 10.1 Å². The van der Waals surface area contributed by atoms with E-state index >= 15 is 0 Å². The highest BCUT2D eigenvalue weighted by atomic mass is 35.5. The second-order valence-electron chi connectivity index (χ2n) is 5.97. The highest BCUT2D eigenvalue weighted by molar-refractivity contribution is 6.18. The number of rotatable bonds is 7. The largest absolute Gasteiger partial charge is 0.497 e. The minimum atomic E-state index is 0.347. The van der Waals surface area contributed by atoms with Crippen LogP contribution in [-0.4, -0.2) is 26.1 Å². The van der Waals surface area contributed by atoms with Gasteiger partial charge in [-0.2, -0.15) is 0 Å². The SMILES string of the molecule is COc1ccc(CCNCC2(CCl)CCCCC2)cc1. The van der Waals surface area contributed by atoms with Gasteiger partial charge in [-0.3, -0.25) is 0 Å². The molecule has 0 heterocycles. The van der Waals surface area contributed by atoms with Gasteiger partial charge in [0.2, 0.25) is 0 Å². The number of nitrogens with one attached hydrogen (secondary N) is 1. The third kappa shape index (κ3) is 4.39. The zero-order valence-electron chi connectivity index (χ0n) is 12.5. The number of hydrogen-bond acceptors (Lipinski definition) is 2. The van der Waals surface area contributed by atoms with Crippen molar-refractivity contribution in [1.29, 1.82) is 0 Å². The molecule has 112 valence electrons. The van der Waals surface area contributed by atoms with Crippen LogP contribution in [0, 0.1) is 5.41 Å². The van der Waals surface area contributed by atoms with Gasteiger partial charge in [0.15, 0.2) is 0 Å². The van der Waals surface area contributed by atoms with Crippen molar-refractivity contribution in [1.82, 2.24) is 5.32 Å². The molecule has 0 aromatic heterocycles. The van der Waals surface area contributed by atoms with Gasteiger partial charge in [0.05, 0.1) is 7.11 Å². The fourth-order valence-electron chi connectivity index (χ4n) is 3.04. The predicted molar refractivity (Wildman–Crippen MR) is 85.8 cm³/mol. The molecule has 3 heteroatoms. The van der Waals surface area contributed by atoms with Gasteiger partial charge in [-0.05, 0) is 48.9 Å². The number of methoxy groups -OCH3 is 1. The topological polar surface area (TPSA) is 21.3 Å². The summed E-state index contributed by atoms with van der Waals surface area (Å²) < 4.78 is 5.17. The average Bonchev–Trinajstić information content (AvgIpc) is 2.53. The number of benzene rings is 1. The van der Waals surface area contributed by atoms with Crippen LogP contribution in [0.1, 0.15) is 37.7 Å². The van der Waals surface area contributed by atoms with Crippen LogP contribution in [0.3, 0.4) is 0 Å². The maximum Gasteiger partial charge on any atom is 0.118 e. The van der Waals surface area contributed by atoms with E-state index in [9.17, 15) is 0 Å². The summed E-state index contributed by atoms with van der Waals surface area (Å²) in [6.45, 7) is 2.08. The van der Waals surface area contributed by atoms with E-state index in [4.69, 9.17) is 16.3 Å². The highest BCUT2D eigenvalue weighted by Crippen LogP contribution is 2.36. The number of halogens is 1. The lowest BCUT2D eigenvalue weighted by molar-refractivity contribution is 0.213. The summed E-state index contributed by atoms with van der Waals surface area (Å²) in [5.74, 6) is 1.72. The molecular weight excluding hydrogens is 270 g/mol. The monoisotopic (exact) mass is 295 g/mol. The van der Waals surface area contributed by atoms with Crippen LogP contribution in [0.25, 0.3) is 0 Å². The van der Waals surface area contributed by atoms with E-state index in [2.05, 4.69) is 17.4 Å². The average molecular weight is 296 g/mol. The Morgan fingerprint density at radius 3 is 2.45 bits per heavy atom. The molecule has 0 spiro atoms. The Kier molecular flexibility index (Phi) is 6.18. The summed E-state index contributed by atoms with van der Waals surface area (Å²) in [5.41, 5.74) is 1.70. The van der Waals surface area contributed by atoms with E-state index in [0.717, 1.165) is 31.1 Å². The Labute approximate surface area is 127 Å². The Balaban J connectivity index is 1.72. The Morgan fingerprint density at radius 1 is 1.15 bits per heavy atom. The first-order chi connectivity index (χ1) is 9.78. The molecule has 0 bridgehead atoms. The highest BCUT2D eigenvalue weighted by Gasteiger charge is 2.30. The number of hydrogen-bond donors (Lipinski definition) is 1. The zero-order valence-corrected chi connectivity index (χ0v) is 13.2. The summed E-state index contributed by atoms with van der Waals surface area (Å²) >= 11 is 6.21. The molecule has 0 aliphatic heterocycles. The fourth-order valence-corrected chi connectivity index (χ4v) is 3.40. The summed E-state index contributed by atoms with van der Waals surface area (Å²) in [7, 11) is 1.70. The summed E-state index contributed by atoms with van der Waals surface area (Å²) in [4.78, 5) is 0. The van der Waals surface area contributed by atoms with Gasteiger partial charge in [-0.25, -0.2) is 0 Å². The first kappa shape index (κ1) is 15.7. The number of ether oxygens (including phenoxy) is 1. The van der Waals surface area contributed by atoms with Crippen molar-refractivity contribution in [3.63, 3.8) is 0 Å². The molecule has 1 aliphatic carbocycles. The smallest absolute Gasteiger partial charge is 0.118 e. The van der Waals surface area contributed by atoms with Crippen LogP contribution in [0.5, 0.6) is 5.75 Å².